The van der Waals surface area contributed by atoms with E-state index < -0.39 is 0 Å². The fraction of sp³-hybridized carbons (Fsp3) is 0.562. The molecule has 1 aliphatic rings. The van der Waals surface area contributed by atoms with Gasteiger partial charge in [-0.15, -0.1) is 0 Å². The molecule has 2 rings (SSSR count). The van der Waals surface area contributed by atoms with Gasteiger partial charge >= 0.3 is 0 Å². The lowest BCUT2D eigenvalue weighted by Gasteiger charge is -2.27. The molecule has 0 unspecified atom stereocenters. The van der Waals surface area contributed by atoms with Crippen molar-refractivity contribution in [3.63, 3.8) is 0 Å². The van der Waals surface area contributed by atoms with Crippen LogP contribution in [0.1, 0.15) is 41.6 Å². The molecule has 4 nitrogen and oxygen atoms in total. The van der Waals surface area contributed by atoms with Crippen molar-refractivity contribution in [1.82, 2.24) is 5.32 Å². The first-order valence-corrected chi connectivity index (χ1v) is 7.45. The largest absolute Gasteiger partial charge is 0.396 e. The summed E-state index contributed by atoms with van der Waals surface area (Å²) in [5.74, 6) is 0.00465. The second-order valence-corrected chi connectivity index (χ2v) is 5.41. The van der Waals surface area contributed by atoms with Crippen LogP contribution in [-0.4, -0.2) is 37.8 Å². The molecule has 0 spiro atoms. The van der Waals surface area contributed by atoms with Gasteiger partial charge in [-0.25, -0.2) is 0 Å². The van der Waals surface area contributed by atoms with Crippen molar-refractivity contribution >= 4 is 11.6 Å². The van der Waals surface area contributed by atoms with E-state index in [9.17, 15) is 4.79 Å². The molecule has 4 heteroatoms. The molecule has 1 aromatic rings. The van der Waals surface area contributed by atoms with Gasteiger partial charge in [-0.1, -0.05) is 0 Å². The first-order chi connectivity index (χ1) is 9.72. The molecule has 0 radical (unpaired) electrons. The molecule has 1 heterocycles. The number of aryl methyl sites for hydroxylation is 1. The lowest BCUT2D eigenvalue weighted by Crippen LogP contribution is -2.27. The maximum atomic E-state index is 12.1. The molecular weight excluding hydrogens is 252 g/mol. The van der Waals surface area contributed by atoms with Gasteiger partial charge in [-0.2, -0.15) is 0 Å². The smallest absolute Gasteiger partial charge is 0.251 e. The Morgan fingerprint density at radius 2 is 2.20 bits per heavy atom. The number of carbonyl (C=O) groups is 1. The monoisotopic (exact) mass is 276 g/mol. The summed E-state index contributed by atoms with van der Waals surface area (Å²) in [6.45, 7) is 1.99. The van der Waals surface area contributed by atoms with Crippen molar-refractivity contribution in [2.24, 2.45) is 0 Å². The molecule has 0 saturated carbocycles. The zero-order valence-corrected chi connectivity index (χ0v) is 12.2. The molecule has 1 aromatic carbocycles. The van der Waals surface area contributed by atoms with Crippen LogP contribution >= 0.6 is 0 Å². The van der Waals surface area contributed by atoms with Gasteiger partial charge in [0.25, 0.3) is 5.91 Å². The molecule has 0 aromatic heterocycles. The Balaban J connectivity index is 1.90. The van der Waals surface area contributed by atoms with Crippen LogP contribution in [0, 0.1) is 0 Å². The van der Waals surface area contributed by atoms with Gasteiger partial charge in [-0.05, 0) is 55.9 Å². The maximum Gasteiger partial charge on any atom is 0.251 e. The van der Waals surface area contributed by atoms with Crippen molar-refractivity contribution in [2.45, 2.75) is 32.1 Å². The Hall–Kier alpha value is -1.55. The summed E-state index contributed by atoms with van der Waals surface area (Å²) < 4.78 is 0. The van der Waals surface area contributed by atoms with Crippen LogP contribution in [0.4, 0.5) is 5.69 Å². The van der Waals surface area contributed by atoms with E-state index in [4.69, 9.17) is 5.11 Å². The predicted molar refractivity (Wildman–Crippen MR) is 81.3 cm³/mol. The van der Waals surface area contributed by atoms with Crippen molar-refractivity contribution in [3.05, 3.63) is 29.3 Å². The molecule has 1 amide bonds. The van der Waals surface area contributed by atoms with Gasteiger partial charge in [0.2, 0.25) is 0 Å². The summed E-state index contributed by atoms with van der Waals surface area (Å²) in [6, 6.07) is 5.98. The highest BCUT2D eigenvalue weighted by Crippen LogP contribution is 2.26. The third kappa shape index (κ3) is 3.73. The molecule has 0 bridgehead atoms. The minimum atomic E-state index is 0.00465. The van der Waals surface area contributed by atoms with E-state index in [0.29, 0.717) is 6.54 Å². The Bertz CT molecular complexity index is 460. The second-order valence-electron chi connectivity index (χ2n) is 5.41. The van der Waals surface area contributed by atoms with Crippen LogP contribution in [0.2, 0.25) is 0 Å². The average molecular weight is 276 g/mol. The number of hydrogen-bond donors (Lipinski definition) is 2. The highest BCUT2D eigenvalue weighted by atomic mass is 16.2. The van der Waals surface area contributed by atoms with Crippen molar-refractivity contribution in [3.8, 4) is 0 Å². The van der Waals surface area contributed by atoms with Gasteiger partial charge in [0.1, 0.15) is 0 Å². The maximum absolute atomic E-state index is 12.1. The molecule has 0 aliphatic carbocycles. The van der Waals surface area contributed by atoms with E-state index in [0.717, 1.165) is 44.2 Å². The van der Waals surface area contributed by atoms with E-state index in [1.54, 1.807) is 0 Å². The number of aliphatic hydroxyl groups is 1. The van der Waals surface area contributed by atoms with E-state index >= 15 is 0 Å². The molecule has 2 N–H and O–H groups in total. The fourth-order valence-corrected chi connectivity index (χ4v) is 2.64. The molecular formula is C16H24N2O2. The number of amides is 1. The summed E-state index contributed by atoms with van der Waals surface area (Å²) in [4.78, 5) is 14.3. The Morgan fingerprint density at radius 1 is 1.35 bits per heavy atom. The van der Waals surface area contributed by atoms with E-state index in [1.807, 2.05) is 12.1 Å². The van der Waals surface area contributed by atoms with Crippen LogP contribution in [0.5, 0.6) is 0 Å². The standard InChI is InChI=1S/C16H24N2O2/c1-18-10-5-6-13-12-14(7-8-15(13)18)16(20)17-9-3-2-4-11-19/h7-8,12,19H,2-6,9-11H2,1H3,(H,17,20). The predicted octanol–water partition coefficient (Wildman–Crippen LogP) is 1.96. The number of carbonyl (C=O) groups excluding carboxylic acids is 1. The topological polar surface area (TPSA) is 52.6 Å². The Labute approximate surface area is 120 Å². The SMILES string of the molecule is CN1CCCc2cc(C(=O)NCCCCCO)ccc21. The molecule has 1 aliphatic heterocycles. The van der Waals surface area contributed by atoms with Crippen molar-refractivity contribution < 1.29 is 9.90 Å². The van der Waals surface area contributed by atoms with Crippen molar-refractivity contribution in [1.29, 1.82) is 0 Å². The highest BCUT2D eigenvalue weighted by molar-refractivity contribution is 5.95. The summed E-state index contributed by atoms with van der Waals surface area (Å²) in [7, 11) is 2.10. The van der Waals surface area contributed by atoms with Gasteiger partial charge in [0, 0.05) is 38.0 Å². The van der Waals surface area contributed by atoms with Crippen LogP contribution in [-0.2, 0) is 6.42 Å². The van der Waals surface area contributed by atoms with E-state index in [1.165, 1.54) is 11.3 Å². The number of rotatable bonds is 6. The van der Waals surface area contributed by atoms with Gasteiger partial charge in [-0.3, -0.25) is 4.79 Å². The van der Waals surface area contributed by atoms with Crippen molar-refractivity contribution in [2.75, 3.05) is 31.6 Å². The Morgan fingerprint density at radius 3 is 3.00 bits per heavy atom. The third-order valence-electron chi connectivity index (χ3n) is 3.81. The van der Waals surface area contributed by atoms with Crippen LogP contribution in [0.3, 0.4) is 0 Å². The normalized spacial score (nSPS) is 14.0. The third-order valence-corrected chi connectivity index (χ3v) is 3.81. The van der Waals surface area contributed by atoms with Gasteiger partial charge in [0.15, 0.2) is 0 Å². The first kappa shape index (κ1) is 14.9. The summed E-state index contributed by atoms with van der Waals surface area (Å²) in [5.41, 5.74) is 3.27. The van der Waals surface area contributed by atoms with Gasteiger partial charge < -0.3 is 15.3 Å². The number of aliphatic hydroxyl groups excluding tert-OH is 1. The van der Waals surface area contributed by atoms with Crippen LogP contribution in [0.15, 0.2) is 18.2 Å². The number of unbranched alkanes of at least 4 members (excludes halogenated alkanes) is 2. The summed E-state index contributed by atoms with van der Waals surface area (Å²) in [6.07, 6.45) is 4.87. The van der Waals surface area contributed by atoms with E-state index in [-0.39, 0.29) is 12.5 Å². The van der Waals surface area contributed by atoms with E-state index in [2.05, 4.69) is 23.3 Å². The lowest BCUT2D eigenvalue weighted by atomic mass is 9.99. The Kier molecular flexibility index (Phi) is 5.41. The van der Waals surface area contributed by atoms with Crippen LogP contribution < -0.4 is 10.2 Å². The number of anilines is 1. The minimum Gasteiger partial charge on any atom is -0.396 e. The molecule has 110 valence electrons. The van der Waals surface area contributed by atoms with Crippen LogP contribution in [0.25, 0.3) is 0 Å². The zero-order valence-electron chi connectivity index (χ0n) is 12.2. The number of nitrogens with one attached hydrogen (secondary N) is 1. The number of fused-ring (bicyclic) bond motifs is 1. The van der Waals surface area contributed by atoms with Gasteiger partial charge in [0.05, 0.1) is 0 Å². The number of nitrogens with zero attached hydrogens (tertiary/aromatic N) is 1. The first-order valence-electron chi connectivity index (χ1n) is 7.45. The quantitative estimate of drug-likeness (QED) is 0.781. The number of hydrogen-bond acceptors (Lipinski definition) is 3. The summed E-state index contributed by atoms with van der Waals surface area (Å²) in [5, 5.41) is 11.6. The minimum absolute atomic E-state index is 0.00465. The average Bonchev–Trinajstić information content (AvgIpc) is 2.47. The molecule has 0 fully saturated rings. The summed E-state index contributed by atoms with van der Waals surface area (Å²) >= 11 is 0. The molecule has 20 heavy (non-hydrogen) atoms. The number of benzene rings is 1. The molecule has 0 atom stereocenters. The zero-order chi connectivity index (χ0) is 14.4. The molecule has 0 saturated heterocycles. The fourth-order valence-electron chi connectivity index (χ4n) is 2.64. The lowest BCUT2D eigenvalue weighted by molar-refractivity contribution is 0.0952. The second kappa shape index (κ2) is 7.29. The highest BCUT2D eigenvalue weighted by Gasteiger charge is 2.15.